The number of hydrogen-bond acceptors (Lipinski definition) is 4. The van der Waals surface area contributed by atoms with Gasteiger partial charge in [0.15, 0.2) is 0 Å². The summed E-state index contributed by atoms with van der Waals surface area (Å²) in [6.07, 6.45) is 0.685. The first-order valence-electron chi connectivity index (χ1n) is 5.49. The molecule has 0 saturated heterocycles. The predicted molar refractivity (Wildman–Crippen MR) is 69.1 cm³/mol. The van der Waals surface area contributed by atoms with Gasteiger partial charge in [0, 0.05) is 11.3 Å². The summed E-state index contributed by atoms with van der Waals surface area (Å²) in [6.45, 7) is 1.89. The Morgan fingerprint density at radius 3 is 2.61 bits per heavy atom. The molecule has 0 amide bonds. The maximum absolute atomic E-state index is 10.6. The molecular weight excluding hydrogens is 250 g/mol. The first-order valence-corrected chi connectivity index (χ1v) is 6.31. The standard InChI is InChI=1S/C13H13NO3S/c1-8-11(18-12(14-8)7-13(16)17)6-9-2-4-10(15)5-3-9/h2-5,15H,6-7H2,1H3,(H,16,17). The van der Waals surface area contributed by atoms with E-state index in [2.05, 4.69) is 4.98 Å². The quantitative estimate of drug-likeness (QED) is 0.888. The Morgan fingerprint density at radius 1 is 1.33 bits per heavy atom. The van der Waals surface area contributed by atoms with Crippen LogP contribution >= 0.6 is 11.3 Å². The van der Waals surface area contributed by atoms with E-state index in [0.717, 1.165) is 16.1 Å². The minimum absolute atomic E-state index is 0.0267. The molecule has 1 aromatic carbocycles. The Labute approximate surface area is 109 Å². The lowest BCUT2D eigenvalue weighted by atomic mass is 10.1. The van der Waals surface area contributed by atoms with Gasteiger partial charge in [0.05, 0.1) is 12.1 Å². The van der Waals surface area contributed by atoms with Gasteiger partial charge in [-0.1, -0.05) is 12.1 Å². The van der Waals surface area contributed by atoms with Gasteiger partial charge in [-0.3, -0.25) is 4.79 Å². The second-order valence-corrected chi connectivity index (χ2v) is 5.20. The third-order valence-electron chi connectivity index (χ3n) is 2.54. The van der Waals surface area contributed by atoms with Crippen LogP contribution in [0.15, 0.2) is 24.3 Å². The van der Waals surface area contributed by atoms with Crippen molar-refractivity contribution in [3.8, 4) is 5.75 Å². The number of aryl methyl sites for hydroxylation is 1. The van der Waals surface area contributed by atoms with Crippen LogP contribution in [0.1, 0.15) is 21.1 Å². The normalized spacial score (nSPS) is 10.5. The van der Waals surface area contributed by atoms with E-state index in [1.165, 1.54) is 11.3 Å². The Morgan fingerprint density at radius 2 is 2.00 bits per heavy atom. The molecule has 0 aliphatic rings. The number of carboxylic acids is 1. The van der Waals surface area contributed by atoms with Crippen LogP contribution in [-0.2, 0) is 17.6 Å². The van der Waals surface area contributed by atoms with Crippen molar-refractivity contribution in [1.29, 1.82) is 0 Å². The van der Waals surface area contributed by atoms with E-state index in [9.17, 15) is 9.90 Å². The SMILES string of the molecule is Cc1nc(CC(=O)O)sc1Cc1ccc(O)cc1. The van der Waals surface area contributed by atoms with E-state index in [1.807, 2.05) is 19.1 Å². The molecule has 4 nitrogen and oxygen atoms in total. The molecule has 0 spiro atoms. The summed E-state index contributed by atoms with van der Waals surface area (Å²) >= 11 is 1.43. The molecule has 18 heavy (non-hydrogen) atoms. The van der Waals surface area contributed by atoms with Crippen LogP contribution in [0.2, 0.25) is 0 Å². The number of carboxylic acid groups (broad SMARTS) is 1. The van der Waals surface area contributed by atoms with Crippen molar-refractivity contribution in [2.75, 3.05) is 0 Å². The molecular formula is C13H13NO3S. The van der Waals surface area contributed by atoms with Gasteiger partial charge in [-0.25, -0.2) is 4.98 Å². The largest absolute Gasteiger partial charge is 0.508 e. The highest BCUT2D eigenvalue weighted by molar-refractivity contribution is 7.11. The van der Waals surface area contributed by atoms with Crippen molar-refractivity contribution in [3.05, 3.63) is 45.4 Å². The van der Waals surface area contributed by atoms with Gasteiger partial charge < -0.3 is 10.2 Å². The summed E-state index contributed by atoms with van der Waals surface area (Å²) in [4.78, 5) is 15.9. The summed E-state index contributed by atoms with van der Waals surface area (Å²) in [5.74, 6) is -0.619. The molecule has 1 heterocycles. The summed E-state index contributed by atoms with van der Waals surface area (Å²) in [5, 5.41) is 18.6. The topological polar surface area (TPSA) is 70.4 Å². The van der Waals surface area contributed by atoms with Crippen LogP contribution in [-0.4, -0.2) is 21.2 Å². The van der Waals surface area contributed by atoms with Crippen LogP contribution < -0.4 is 0 Å². The highest BCUT2D eigenvalue weighted by atomic mass is 32.1. The van der Waals surface area contributed by atoms with Gasteiger partial charge in [0.25, 0.3) is 0 Å². The van der Waals surface area contributed by atoms with Gasteiger partial charge in [-0.2, -0.15) is 0 Å². The van der Waals surface area contributed by atoms with E-state index in [1.54, 1.807) is 12.1 Å². The summed E-state index contributed by atoms with van der Waals surface area (Å²) in [7, 11) is 0. The fraction of sp³-hybridized carbons (Fsp3) is 0.231. The zero-order valence-electron chi connectivity index (χ0n) is 9.88. The molecule has 0 radical (unpaired) electrons. The molecule has 0 unspecified atom stereocenters. The highest BCUT2D eigenvalue weighted by Gasteiger charge is 2.10. The average molecular weight is 263 g/mol. The van der Waals surface area contributed by atoms with Crippen molar-refractivity contribution >= 4 is 17.3 Å². The van der Waals surface area contributed by atoms with Gasteiger partial charge in [0.2, 0.25) is 0 Å². The molecule has 2 N–H and O–H groups in total. The van der Waals surface area contributed by atoms with E-state index in [0.29, 0.717) is 11.4 Å². The average Bonchev–Trinajstić information content (AvgIpc) is 2.61. The molecule has 1 aromatic heterocycles. The fourth-order valence-electron chi connectivity index (χ4n) is 1.66. The lowest BCUT2D eigenvalue weighted by Gasteiger charge is -1.99. The number of rotatable bonds is 4. The predicted octanol–water partition coefficient (Wildman–Crippen LogP) is 2.38. The second-order valence-electron chi connectivity index (χ2n) is 4.03. The summed E-state index contributed by atoms with van der Waals surface area (Å²) in [6, 6.07) is 6.99. The fourth-order valence-corrected chi connectivity index (χ4v) is 2.75. The second kappa shape index (κ2) is 5.18. The van der Waals surface area contributed by atoms with Crippen molar-refractivity contribution in [3.63, 3.8) is 0 Å². The van der Waals surface area contributed by atoms with E-state index in [-0.39, 0.29) is 12.2 Å². The van der Waals surface area contributed by atoms with Crippen LogP contribution in [0.4, 0.5) is 0 Å². The van der Waals surface area contributed by atoms with Gasteiger partial charge in [0.1, 0.15) is 10.8 Å². The minimum atomic E-state index is -0.861. The Bertz CT molecular complexity index is 560. The smallest absolute Gasteiger partial charge is 0.310 e. The maximum Gasteiger partial charge on any atom is 0.310 e. The van der Waals surface area contributed by atoms with Gasteiger partial charge >= 0.3 is 5.97 Å². The lowest BCUT2D eigenvalue weighted by Crippen LogP contribution is -1.98. The number of aliphatic carboxylic acids is 1. The highest BCUT2D eigenvalue weighted by Crippen LogP contribution is 2.22. The Hall–Kier alpha value is -1.88. The first-order chi connectivity index (χ1) is 8.54. The lowest BCUT2D eigenvalue weighted by molar-refractivity contribution is -0.136. The number of hydrogen-bond donors (Lipinski definition) is 2. The minimum Gasteiger partial charge on any atom is -0.508 e. The zero-order chi connectivity index (χ0) is 13.1. The van der Waals surface area contributed by atoms with Crippen LogP contribution in [0.3, 0.4) is 0 Å². The van der Waals surface area contributed by atoms with E-state index >= 15 is 0 Å². The number of nitrogens with zero attached hydrogens (tertiary/aromatic N) is 1. The van der Waals surface area contributed by atoms with Gasteiger partial charge in [-0.15, -0.1) is 11.3 Å². The molecule has 0 aliphatic carbocycles. The van der Waals surface area contributed by atoms with Crippen molar-refractivity contribution in [1.82, 2.24) is 4.98 Å². The van der Waals surface area contributed by atoms with E-state index < -0.39 is 5.97 Å². The monoisotopic (exact) mass is 263 g/mol. The molecule has 5 heteroatoms. The third kappa shape index (κ3) is 3.07. The third-order valence-corrected chi connectivity index (χ3v) is 3.70. The maximum atomic E-state index is 10.6. The first kappa shape index (κ1) is 12.6. The number of phenolic OH excluding ortho intramolecular Hbond substituents is 1. The van der Waals surface area contributed by atoms with Gasteiger partial charge in [-0.05, 0) is 24.6 Å². The molecule has 94 valence electrons. The summed E-state index contributed by atoms with van der Waals surface area (Å²) < 4.78 is 0. The van der Waals surface area contributed by atoms with E-state index in [4.69, 9.17) is 5.11 Å². The number of carbonyl (C=O) groups is 1. The number of benzene rings is 1. The van der Waals surface area contributed by atoms with Crippen LogP contribution in [0, 0.1) is 6.92 Å². The Balaban J connectivity index is 2.16. The zero-order valence-corrected chi connectivity index (χ0v) is 10.7. The van der Waals surface area contributed by atoms with Crippen LogP contribution in [0.5, 0.6) is 5.75 Å². The van der Waals surface area contributed by atoms with Crippen LogP contribution in [0.25, 0.3) is 0 Å². The number of aromatic nitrogens is 1. The Kier molecular flexibility index (Phi) is 3.62. The molecule has 2 rings (SSSR count). The van der Waals surface area contributed by atoms with Crippen molar-refractivity contribution in [2.24, 2.45) is 0 Å². The number of phenols is 1. The molecule has 0 bridgehead atoms. The molecule has 2 aromatic rings. The molecule has 0 saturated carbocycles. The van der Waals surface area contributed by atoms with Crippen molar-refractivity contribution in [2.45, 2.75) is 19.8 Å². The number of thiazole rings is 1. The molecule has 0 aliphatic heterocycles. The molecule has 0 fully saturated rings. The number of aromatic hydroxyl groups is 1. The summed E-state index contributed by atoms with van der Waals surface area (Å²) in [5.41, 5.74) is 1.95. The molecule has 0 atom stereocenters. The van der Waals surface area contributed by atoms with Crippen molar-refractivity contribution < 1.29 is 15.0 Å².